The molecule has 0 fully saturated rings. The summed E-state index contributed by atoms with van der Waals surface area (Å²) in [5.41, 5.74) is 1.66. The van der Waals surface area contributed by atoms with Crippen LogP contribution in [-0.4, -0.2) is 28.3 Å². The van der Waals surface area contributed by atoms with Gasteiger partial charge in [0.25, 0.3) is 5.56 Å². The number of fused-ring (bicyclic) bond motifs is 1. The van der Waals surface area contributed by atoms with Gasteiger partial charge >= 0.3 is 0 Å². The molecule has 0 aliphatic heterocycles. The maximum Gasteiger partial charge on any atom is 0.279 e. The summed E-state index contributed by atoms with van der Waals surface area (Å²) in [4.78, 5) is 21.0. The Morgan fingerprint density at radius 3 is 2.87 bits per heavy atom. The van der Waals surface area contributed by atoms with Crippen molar-refractivity contribution in [1.29, 1.82) is 0 Å². The third kappa shape index (κ3) is 3.09. The van der Waals surface area contributed by atoms with Gasteiger partial charge in [-0.3, -0.25) is 9.36 Å². The fraction of sp³-hybridized carbons (Fsp3) is 0.188. The molecule has 0 N–H and O–H groups in total. The van der Waals surface area contributed by atoms with Crippen molar-refractivity contribution in [2.24, 2.45) is 0 Å². The van der Waals surface area contributed by atoms with Gasteiger partial charge in [-0.1, -0.05) is 11.6 Å². The number of rotatable bonds is 4. The number of pyridine rings is 1. The van der Waals surface area contributed by atoms with E-state index in [1.807, 2.05) is 0 Å². The molecule has 0 aliphatic carbocycles. The van der Waals surface area contributed by atoms with Crippen LogP contribution in [-0.2, 0) is 11.3 Å². The van der Waals surface area contributed by atoms with Gasteiger partial charge in [0.2, 0.25) is 0 Å². The van der Waals surface area contributed by atoms with Crippen LogP contribution in [0, 0.1) is 5.82 Å². The van der Waals surface area contributed by atoms with Crippen LogP contribution in [0.5, 0.6) is 0 Å². The van der Waals surface area contributed by atoms with Crippen LogP contribution in [0.3, 0.4) is 0 Å². The summed E-state index contributed by atoms with van der Waals surface area (Å²) in [7, 11) is 1.56. The summed E-state index contributed by atoms with van der Waals surface area (Å²) in [5.74, 6) is -0.500. The van der Waals surface area contributed by atoms with E-state index >= 15 is 0 Å². The van der Waals surface area contributed by atoms with Gasteiger partial charge in [0, 0.05) is 12.7 Å². The quantitative estimate of drug-likeness (QED) is 0.736. The molecule has 2 aromatic heterocycles. The summed E-state index contributed by atoms with van der Waals surface area (Å²) >= 11 is 5.80. The molecular formula is C16H13ClFN3O2. The predicted molar refractivity (Wildman–Crippen MR) is 86.1 cm³/mol. The van der Waals surface area contributed by atoms with Gasteiger partial charge in [0.05, 0.1) is 35.7 Å². The van der Waals surface area contributed by atoms with E-state index in [-0.39, 0.29) is 16.1 Å². The second-order valence-electron chi connectivity index (χ2n) is 4.93. The van der Waals surface area contributed by atoms with Gasteiger partial charge in [0.1, 0.15) is 5.82 Å². The van der Waals surface area contributed by atoms with E-state index < -0.39 is 5.82 Å². The maximum absolute atomic E-state index is 13.3. The van der Waals surface area contributed by atoms with Crippen LogP contribution in [0.15, 0.2) is 41.5 Å². The molecule has 118 valence electrons. The van der Waals surface area contributed by atoms with Gasteiger partial charge in [-0.15, -0.1) is 0 Å². The van der Waals surface area contributed by atoms with Crippen molar-refractivity contribution >= 4 is 22.6 Å². The van der Waals surface area contributed by atoms with Gasteiger partial charge in [-0.25, -0.2) is 14.4 Å². The van der Waals surface area contributed by atoms with Gasteiger partial charge in [-0.2, -0.15) is 0 Å². The molecule has 3 aromatic rings. The van der Waals surface area contributed by atoms with E-state index in [4.69, 9.17) is 16.3 Å². The molecule has 2 heterocycles. The van der Waals surface area contributed by atoms with Crippen molar-refractivity contribution in [2.45, 2.75) is 6.54 Å². The number of ether oxygens (including phenoxy) is 1. The number of halogens is 2. The Labute approximate surface area is 136 Å². The lowest BCUT2D eigenvalue weighted by atomic mass is 10.1. The van der Waals surface area contributed by atoms with Crippen LogP contribution in [0.2, 0.25) is 5.02 Å². The highest BCUT2D eigenvalue weighted by molar-refractivity contribution is 6.31. The Morgan fingerprint density at radius 1 is 1.30 bits per heavy atom. The summed E-state index contributed by atoms with van der Waals surface area (Å²) < 4.78 is 19.7. The summed E-state index contributed by atoms with van der Waals surface area (Å²) in [6.07, 6.45) is 1.47. The predicted octanol–water partition coefficient (Wildman–Crippen LogP) is 2.90. The van der Waals surface area contributed by atoms with Crippen LogP contribution >= 0.6 is 11.6 Å². The SMILES string of the molecule is COCCn1cnc2ccc(-c3ccc(F)c(Cl)c3)nc2c1=O. The summed E-state index contributed by atoms with van der Waals surface area (Å²) in [6.45, 7) is 0.799. The molecule has 0 bridgehead atoms. The van der Waals surface area contributed by atoms with Crippen LogP contribution in [0.25, 0.3) is 22.3 Å². The van der Waals surface area contributed by atoms with Gasteiger partial charge in [0.15, 0.2) is 5.52 Å². The number of nitrogens with zero attached hydrogens (tertiary/aromatic N) is 3. The molecule has 0 saturated carbocycles. The van der Waals surface area contributed by atoms with Crippen molar-refractivity contribution in [1.82, 2.24) is 14.5 Å². The Kier molecular flexibility index (Phi) is 4.36. The highest BCUT2D eigenvalue weighted by atomic mass is 35.5. The number of aromatic nitrogens is 3. The first-order valence-corrected chi connectivity index (χ1v) is 7.28. The summed E-state index contributed by atoms with van der Waals surface area (Å²) in [5, 5.41) is 0.00749. The largest absolute Gasteiger partial charge is 0.383 e. The third-order valence-corrected chi connectivity index (χ3v) is 3.71. The molecule has 0 atom stereocenters. The standard InChI is InChI=1S/C16H13ClFN3O2/c1-23-7-6-21-9-19-14-5-4-13(20-15(14)16(21)22)10-2-3-12(18)11(17)8-10/h2-5,8-9H,6-7H2,1H3. The van der Waals surface area contributed by atoms with Crippen molar-refractivity contribution in [3.8, 4) is 11.3 Å². The molecule has 0 spiro atoms. The lowest BCUT2D eigenvalue weighted by molar-refractivity contribution is 0.186. The zero-order chi connectivity index (χ0) is 16.4. The smallest absolute Gasteiger partial charge is 0.279 e. The number of benzene rings is 1. The fourth-order valence-electron chi connectivity index (χ4n) is 2.20. The minimum Gasteiger partial charge on any atom is -0.383 e. The Bertz CT molecular complexity index is 927. The first kappa shape index (κ1) is 15.6. The second kappa shape index (κ2) is 6.44. The van der Waals surface area contributed by atoms with Gasteiger partial charge in [-0.05, 0) is 30.3 Å². The lowest BCUT2D eigenvalue weighted by Crippen LogP contribution is -2.23. The maximum atomic E-state index is 13.3. The van der Waals surface area contributed by atoms with Crippen molar-refractivity contribution < 1.29 is 9.13 Å². The Balaban J connectivity index is 2.11. The zero-order valence-electron chi connectivity index (χ0n) is 12.3. The zero-order valence-corrected chi connectivity index (χ0v) is 13.0. The monoisotopic (exact) mass is 333 g/mol. The van der Waals surface area contributed by atoms with E-state index in [2.05, 4.69) is 9.97 Å². The van der Waals surface area contributed by atoms with Crippen molar-refractivity contribution in [3.05, 3.63) is 57.9 Å². The van der Waals surface area contributed by atoms with Gasteiger partial charge < -0.3 is 4.74 Å². The first-order valence-electron chi connectivity index (χ1n) is 6.90. The van der Waals surface area contributed by atoms with Crippen LogP contribution in [0.1, 0.15) is 0 Å². The highest BCUT2D eigenvalue weighted by Gasteiger charge is 2.09. The molecule has 0 radical (unpaired) electrons. The van der Waals surface area contributed by atoms with Crippen LogP contribution < -0.4 is 5.56 Å². The number of hydrogen-bond donors (Lipinski definition) is 0. The van der Waals surface area contributed by atoms with E-state index in [1.54, 1.807) is 25.3 Å². The molecule has 0 unspecified atom stereocenters. The molecular weight excluding hydrogens is 321 g/mol. The van der Waals surface area contributed by atoms with Crippen molar-refractivity contribution in [2.75, 3.05) is 13.7 Å². The number of hydrogen-bond acceptors (Lipinski definition) is 4. The molecule has 0 saturated heterocycles. The first-order chi connectivity index (χ1) is 11.1. The van der Waals surface area contributed by atoms with E-state index in [9.17, 15) is 9.18 Å². The van der Waals surface area contributed by atoms with Crippen LogP contribution in [0.4, 0.5) is 4.39 Å². The Hall–Kier alpha value is -2.31. The molecule has 0 amide bonds. The minimum absolute atomic E-state index is 0.00749. The topological polar surface area (TPSA) is 57.0 Å². The number of methoxy groups -OCH3 is 1. The molecule has 23 heavy (non-hydrogen) atoms. The molecule has 3 rings (SSSR count). The molecule has 7 heteroatoms. The average molecular weight is 334 g/mol. The average Bonchev–Trinajstić information content (AvgIpc) is 2.57. The summed E-state index contributed by atoms with van der Waals surface area (Å²) in [6, 6.07) is 7.73. The Morgan fingerprint density at radius 2 is 2.13 bits per heavy atom. The fourth-order valence-corrected chi connectivity index (χ4v) is 2.38. The van der Waals surface area contributed by atoms with E-state index in [1.165, 1.54) is 23.0 Å². The minimum atomic E-state index is -0.500. The molecule has 1 aromatic carbocycles. The highest BCUT2D eigenvalue weighted by Crippen LogP contribution is 2.24. The lowest BCUT2D eigenvalue weighted by Gasteiger charge is -2.07. The van der Waals surface area contributed by atoms with Crippen molar-refractivity contribution in [3.63, 3.8) is 0 Å². The molecule has 5 nitrogen and oxygen atoms in total. The van der Waals surface area contributed by atoms with E-state index in [0.717, 1.165) is 0 Å². The normalized spacial score (nSPS) is 11.1. The third-order valence-electron chi connectivity index (χ3n) is 3.43. The molecule has 0 aliphatic rings. The van der Waals surface area contributed by atoms with E-state index in [0.29, 0.717) is 29.9 Å². The second-order valence-corrected chi connectivity index (χ2v) is 5.34.